The molecule has 0 aromatic carbocycles. The van der Waals surface area contributed by atoms with Crippen LogP contribution < -0.4 is 35.9 Å². The number of aromatic nitrogens is 4. The van der Waals surface area contributed by atoms with Crippen molar-refractivity contribution in [1.82, 2.24) is 30.2 Å². The second-order valence-electron chi connectivity index (χ2n) is 16.0. The van der Waals surface area contributed by atoms with Crippen LogP contribution in [0.4, 0.5) is 5.82 Å². The van der Waals surface area contributed by atoms with Gasteiger partial charge in [0.1, 0.15) is 36.3 Å². The van der Waals surface area contributed by atoms with Gasteiger partial charge in [-0.2, -0.15) is 0 Å². The molecule has 0 aliphatic carbocycles. The fraction of sp³-hybridized carbons (Fsp3) is 0.697. The van der Waals surface area contributed by atoms with E-state index in [1.807, 2.05) is 0 Å². The smallest absolute Gasteiger partial charge is 0.306 e. The van der Waals surface area contributed by atoms with Crippen molar-refractivity contribution in [2.24, 2.45) is 5.41 Å². The lowest BCUT2D eigenvalue weighted by Gasteiger charge is -2.36. The number of aliphatic hydroxyl groups is 5. The van der Waals surface area contributed by atoms with Gasteiger partial charge < -0.3 is 94.6 Å². The molecule has 1 aliphatic heterocycles. The van der Waals surface area contributed by atoms with Crippen molar-refractivity contribution in [3.8, 4) is 0 Å². The van der Waals surface area contributed by atoms with Gasteiger partial charge in [0.25, 0.3) is 15.6 Å². The molecule has 0 spiro atoms. The molecule has 68 heavy (non-hydrogen) atoms. The Balaban J connectivity index is 0.00000142. The van der Waals surface area contributed by atoms with Crippen molar-refractivity contribution in [3.05, 3.63) is 12.7 Å². The van der Waals surface area contributed by atoms with E-state index in [-0.39, 0.29) is 61.7 Å². The molecule has 11 N–H and O–H groups in total. The summed E-state index contributed by atoms with van der Waals surface area (Å²) in [6.45, 7) is 2.07. The van der Waals surface area contributed by atoms with Crippen LogP contribution in [-0.2, 0) is 60.3 Å². The lowest BCUT2D eigenvalue weighted by atomic mass is 9.87. The van der Waals surface area contributed by atoms with Gasteiger partial charge in [-0.1, -0.05) is 25.6 Å². The highest BCUT2D eigenvalue weighted by molar-refractivity contribution is 8.13. The number of amides is 2. The first-order valence-electron chi connectivity index (χ1n) is 19.6. The van der Waals surface area contributed by atoms with Crippen LogP contribution in [0.3, 0.4) is 0 Å². The van der Waals surface area contributed by atoms with Gasteiger partial charge in [0.2, 0.25) is 11.8 Å². The first kappa shape index (κ1) is 60.5. The van der Waals surface area contributed by atoms with Crippen LogP contribution >= 0.6 is 35.2 Å². The van der Waals surface area contributed by atoms with Crippen LogP contribution in [0, 0.1) is 5.41 Å². The molecule has 0 radical (unpaired) electrons. The normalized spacial score (nSPS) is 21.5. The quantitative estimate of drug-likeness (QED) is 0.0297. The topological polar surface area (TPSA) is 510 Å². The zero-order valence-electron chi connectivity index (χ0n) is 36.5. The third kappa shape index (κ3) is 21.2. The number of carboxylic acids is 2. The van der Waals surface area contributed by atoms with Crippen LogP contribution in [0.15, 0.2) is 12.7 Å². The van der Waals surface area contributed by atoms with Crippen molar-refractivity contribution in [2.45, 2.75) is 102 Å². The number of phosphoric ester groups is 3. The van der Waals surface area contributed by atoms with Crippen LogP contribution in [0.5, 0.6) is 0 Å². The predicted molar refractivity (Wildman–Crippen MR) is 220 cm³/mol. The fourth-order valence-corrected chi connectivity index (χ4v) is 9.26. The van der Waals surface area contributed by atoms with E-state index in [0.29, 0.717) is 0 Å². The fourth-order valence-electron chi connectivity index (χ4n) is 5.68. The third-order valence-corrected chi connectivity index (χ3v) is 12.9. The lowest BCUT2D eigenvalue weighted by Crippen LogP contribution is -2.46. The van der Waals surface area contributed by atoms with Crippen molar-refractivity contribution < 1.29 is 116 Å². The van der Waals surface area contributed by atoms with Gasteiger partial charge in [-0.3, -0.25) is 37.7 Å². The minimum atomic E-state index is -5.94. The molecule has 2 aromatic heterocycles. The number of carboxylic acid groups (broad SMARTS) is 2. The van der Waals surface area contributed by atoms with Gasteiger partial charge in [0, 0.05) is 43.7 Å². The molecule has 1 aliphatic rings. The predicted octanol–water partition coefficient (Wildman–Crippen LogP) is -4.65. The molecule has 7 unspecified atom stereocenters. The summed E-state index contributed by atoms with van der Waals surface area (Å²) in [5, 5.41) is 69.9. The zero-order chi connectivity index (χ0) is 52.1. The Morgan fingerprint density at radius 2 is 1.53 bits per heavy atom. The number of aliphatic carboxylic acids is 2. The number of phosphoric acid groups is 3. The highest BCUT2D eigenvalue weighted by Crippen LogP contribution is 2.56. The minimum Gasteiger partial charge on any atom is -0.790 e. The Hall–Kier alpha value is -3.62. The van der Waals surface area contributed by atoms with E-state index in [0.717, 1.165) is 42.8 Å². The summed E-state index contributed by atoms with van der Waals surface area (Å²) < 4.78 is 60.4. The maximum absolute atomic E-state index is 12.5. The molecule has 0 bridgehead atoms. The van der Waals surface area contributed by atoms with E-state index in [1.54, 1.807) is 0 Å². The van der Waals surface area contributed by atoms with Gasteiger partial charge in [0.05, 0.1) is 51.4 Å². The van der Waals surface area contributed by atoms with Crippen LogP contribution in [0.25, 0.3) is 11.2 Å². The number of rotatable bonds is 27. The van der Waals surface area contributed by atoms with Gasteiger partial charge in [-0.15, -0.1) is 0 Å². The first-order valence-corrected chi connectivity index (χ1v) is 24.9. The zero-order valence-corrected chi connectivity index (χ0v) is 40.0. The largest absolute Gasteiger partial charge is 0.790 e. The van der Waals surface area contributed by atoms with Crippen LogP contribution in [-0.4, -0.2) is 158 Å². The molecule has 3 heterocycles. The number of thioether (sulfide) groups is 1. The molecule has 2 amide bonds. The second-order valence-corrected chi connectivity index (χ2v) is 21.2. The molecule has 35 heteroatoms. The van der Waals surface area contributed by atoms with Gasteiger partial charge >= 0.3 is 11.9 Å². The van der Waals surface area contributed by atoms with E-state index in [2.05, 4.69) is 43.5 Å². The highest BCUT2D eigenvalue weighted by atomic mass is 32.2. The van der Waals surface area contributed by atoms with Crippen molar-refractivity contribution in [2.75, 3.05) is 44.4 Å². The summed E-state index contributed by atoms with van der Waals surface area (Å²) in [7, 11) is -17.7. The van der Waals surface area contributed by atoms with E-state index >= 15 is 0 Å². The molecular weight excluding hydrogens is 1000 g/mol. The standard InChI is InChI=1S/C27H44N7O20P3S.C6H12O4/c1-26(2,21(40)24(41)30-5-4-15(35)29-6-7-58-17(38)9-27(3,42)8-16(36)37)11-51-57(48,49)54-56(46,47)50-10-14-20(53-55(43,44)45)19(39)25(52-14)34-13-33-18-22(28)31-12-32-23(18)34;1-6(10,2-3-7)4-5(8)9/h12-14,19-21,25,39-40,42H,4-11H2,1-3H3,(H,29,35)(H,30,41)(H,36,37)(H,46,47)(H,48,49)(H2,28,31,32)(H2,43,44,45);7,10H,2-4H2,1H3,(H,8,9)/p-4/t14?,19?,20?,21?,25?,27-;6-/m01/s1. The molecule has 2 aromatic rings. The first-order chi connectivity index (χ1) is 31.1. The monoisotopic (exact) mass is 1060 g/mol. The molecule has 9 atom stereocenters. The summed E-state index contributed by atoms with van der Waals surface area (Å²) in [6.07, 6.45) is -9.14. The molecule has 1 saturated heterocycles. The summed E-state index contributed by atoms with van der Waals surface area (Å²) in [6, 6.07) is 0. The lowest BCUT2D eigenvalue weighted by molar-refractivity contribution is -0.347. The molecule has 31 nitrogen and oxygen atoms in total. The summed E-state index contributed by atoms with van der Waals surface area (Å²) in [5.41, 5.74) is 0.961. The van der Waals surface area contributed by atoms with Gasteiger partial charge in [-0.25, -0.2) is 19.3 Å². The highest BCUT2D eigenvalue weighted by Gasteiger charge is 2.47. The number of hydrogen-bond donors (Lipinski definition) is 10. The summed E-state index contributed by atoms with van der Waals surface area (Å²) in [4.78, 5) is 117. The SMILES string of the molecule is CC(C)(COP(=O)([O-])OP(=O)([O-])OCC1OC(n2cnc3c(N)ncnc32)C(O)C1OP(=O)([O-])[O-])C(O)C(=O)NCCC(=O)NCCSC(=O)C[C@@](C)(O)CC(=O)O.C[C@@](O)(CCO)CC(=O)O. The Kier molecular flexibility index (Phi) is 22.7. The van der Waals surface area contributed by atoms with E-state index < -0.39 is 126 Å². The Bertz CT molecular complexity index is 2210. The minimum absolute atomic E-state index is 0.00514. The summed E-state index contributed by atoms with van der Waals surface area (Å²) >= 11 is 0.760. The van der Waals surface area contributed by atoms with Gasteiger partial charge in [0.15, 0.2) is 22.8 Å². The maximum Gasteiger partial charge on any atom is 0.306 e. The molecular formula is C33H52N7O24P3S-4. The van der Waals surface area contributed by atoms with E-state index in [1.165, 1.54) is 13.8 Å². The van der Waals surface area contributed by atoms with E-state index in [9.17, 15) is 72.6 Å². The Labute approximate surface area is 390 Å². The number of nitrogens with zero attached hydrogens (tertiary/aromatic N) is 4. The number of imidazole rings is 1. The number of nitrogens with two attached hydrogens (primary N) is 1. The Morgan fingerprint density at radius 3 is 2.12 bits per heavy atom. The van der Waals surface area contributed by atoms with E-state index in [4.69, 9.17) is 30.9 Å². The number of anilines is 1. The number of carbonyl (C=O) groups excluding carboxylic acids is 3. The average Bonchev–Trinajstić information content (AvgIpc) is 3.73. The summed E-state index contributed by atoms with van der Waals surface area (Å²) in [5.74, 6) is -3.98. The number of fused-ring (bicyclic) bond motifs is 1. The van der Waals surface area contributed by atoms with Crippen molar-refractivity contribution in [3.63, 3.8) is 0 Å². The average molecular weight is 1060 g/mol. The van der Waals surface area contributed by atoms with Gasteiger partial charge in [-0.05, 0) is 20.3 Å². The van der Waals surface area contributed by atoms with Crippen molar-refractivity contribution in [1.29, 1.82) is 0 Å². The van der Waals surface area contributed by atoms with Crippen molar-refractivity contribution >= 4 is 81.1 Å². The second kappa shape index (κ2) is 25.5. The number of hydrogen-bond acceptors (Lipinski definition) is 27. The number of aliphatic hydroxyl groups excluding tert-OH is 3. The molecule has 388 valence electrons. The third-order valence-electron chi connectivity index (χ3n) is 8.98. The number of ether oxygens (including phenoxy) is 1. The molecule has 1 fully saturated rings. The molecule has 0 saturated carbocycles. The maximum atomic E-state index is 12.5. The molecule has 3 rings (SSSR count). The Morgan fingerprint density at radius 1 is 0.926 bits per heavy atom. The number of nitrogens with one attached hydrogen (secondary N) is 2. The number of carbonyl (C=O) groups is 5. The van der Waals surface area contributed by atoms with Crippen LogP contribution in [0.2, 0.25) is 0 Å². The number of nitrogen functional groups attached to an aromatic ring is 1. The van der Waals surface area contributed by atoms with Crippen LogP contribution in [0.1, 0.15) is 66.0 Å².